The van der Waals surface area contributed by atoms with Crippen molar-refractivity contribution in [3.05, 3.63) is 53.6 Å². The lowest BCUT2D eigenvalue weighted by Crippen LogP contribution is -2.48. The first kappa shape index (κ1) is 21.4. The van der Waals surface area contributed by atoms with E-state index in [0.717, 1.165) is 33.6 Å². The summed E-state index contributed by atoms with van der Waals surface area (Å²) >= 11 is 0. The molecule has 0 atom stereocenters. The van der Waals surface area contributed by atoms with Crippen LogP contribution in [0.4, 0.5) is 5.82 Å². The second kappa shape index (κ2) is 8.36. The summed E-state index contributed by atoms with van der Waals surface area (Å²) in [5, 5.41) is 0.922. The number of rotatable bonds is 5. The minimum atomic E-state index is -3.50. The number of aryl methyl sites for hydroxylation is 2. The lowest BCUT2D eigenvalue weighted by atomic mass is 10.1. The molecule has 31 heavy (non-hydrogen) atoms. The van der Waals surface area contributed by atoms with E-state index in [-0.39, 0.29) is 0 Å². The van der Waals surface area contributed by atoms with E-state index in [2.05, 4.69) is 4.90 Å². The van der Waals surface area contributed by atoms with Gasteiger partial charge in [-0.3, -0.25) is 0 Å². The summed E-state index contributed by atoms with van der Waals surface area (Å²) in [4.78, 5) is 7.30. The van der Waals surface area contributed by atoms with Crippen LogP contribution in [-0.4, -0.2) is 58.1 Å². The minimum absolute atomic E-state index is 0.336. The molecule has 1 aliphatic heterocycles. The van der Waals surface area contributed by atoms with E-state index in [4.69, 9.17) is 14.5 Å². The molecule has 1 aliphatic rings. The number of hydrogen-bond donors (Lipinski definition) is 0. The first-order valence-corrected chi connectivity index (χ1v) is 11.6. The van der Waals surface area contributed by atoms with Gasteiger partial charge >= 0.3 is 0 Å². The lowest BCUT2D eigenvalue weighted by Gasteiger charge is -2.35. The number of sulfonamides is 1. The molecule has 7 nitrogen and oxygen atoms in total. The number of fused-ring (bicyclic) bond motifs is 1. The number of piperazine rings is 1. The van der Waals surface area contributed by atoms with Crippen LogP contribution in [0.1, 0.15) is 11.1 Å². The summed E-state index contributed by atoms with van der Waals surface area (Å²) in [5.74, 6) is 2.24. The first-order chi connectivity index (χ1) is 14.8. The van der Waals surface area contributed by atoms with Gasteiger partial charge in [-0.05, 0) is 49.7 Å². The molecule has 3 aromatic rings. The zero-order valence-corrected chi connectivity index (χ0v) is 19.1. The van der Waals surface area contributed by atoms with Crippen molar-refractivity contribution in [2.45, 2.75) is 18.7 Å². The molecule has 2 heterocycles. The average Bonchev–Trinajstić information content (AvgIpc) is 2.78. The Kier molecular flexibility index (Phi) is 5.77. The van der Waals surface area contributed by atoms with Crippen molar-refractivity contribution in [3.8, 4) is 11.5 Å². The van der Waals surface area contributed by atoms with Crippen molar-refractivity contribution in [2.24, 2.45) is 0 Å². The van der Waals surface area contributed by atoms with Crippen LogP contribution < -0.4 is 14.4 Å². The van der Waals surface area contributed by atoms with Gasteiger partial charge in [0.2, 0.25) is 10.0 Å². The maximum Gasteiger partial charge on any atom is 0.243 e. The van der Waals surface area contributed by atoms with Crippen molar-refractivity contribution in [3.63, 3.8) is 0 Å². The molecule has 0 saturated carbocycles. The van der Waals surface area contributed by atoms with Crippen LogP contribution in [0.25, 0.3) is 10.9 Å². The van der Waals surface area contributed by atoms with E-state index < -0.39 is 10.0 Å². The SMILES string of the molecule is COc1ccc(OC)c2c(C)cc(N3CCN(S(=O)(=O)c4ccc(C)cc4)CC3)nc12. The monoisotopic (exact) mass is 441 g/mol. The molecule has 0 amide bonds. The van der Waals surface area contributed by atoms with Crippen molar-refractivity contribution >= 4 is 26.7 Å². The van der Waals surface area contributed by atoms with Crippen LogP contribution in [0.5, 0.6) is 11.5 Å². The third kappa shape index (κ3) is 3.93. The number of benzene rings is 2. The summed E-state index contributed by atoms with van der Waals surface area (Å²) in [6, 6.07) is 12.7. The molecular formula is C23H27N3O4S. The fraction of sp³-hybridized carbons (Fsp3) is 0.348. The topological polar surface area (TPSA) is 72.0 Å². The molecule has 0 spiro atoms. The number of nitrogens with zero attached hydrogens (tertiary/aromatic N) is 3. The second-order valence-corrected chi connectivity index (χ2v) is 9.63. The van der Waals surface area contributed by atoms with Gasteiger partial charge in [0.1, 0.15) is 22.8 Å². The summed E-state index contributed by atoms with van der Waals surface area (Å²) in [7, 11) is -0.231. The number of methoxy groups -OCH3 is 2. The quantitative estimate of drug-likeness (QED) is 0.605. The molecule has 8 heteroatoms. The highest BCUT2D eigenvalue weighted by Crippen LogP contribution is 2.36. The Balaban J connectivity index is 1.59. The average molecular weight is 442 g/mol. The van der Waals surface area contributed by atoms with E-state index in [1.807, 2.05) is 44.2 Å². The molecule has 164 valence electrons. The number of aromatic nitrogens is 1. The lowest BCUT2D eigenvalue weighted by molar-refractivity contribution is 0.383. The highest BCUT2D eigenvalue weighted by Gasteiger charge is 2.29. The molecule has 0 unspecified atom stereocenters. The molecule has 0 N–H and O–H groups in total. The van der Waals surface area contributed by atoms with Crippen molar-refractivity contribution in [1.29, 1.82) is 0 Å². The minimum Gasteiger partial charge on any atom is -0.496 e. The molecule has 4 rings (SSSR count). The number of hydrogen-bond acceptors (Lipinski definition) is 6. The van der Waals surface area contributed by atoms with Gasteiger partial charge < -0.3 is 14.4 Å². The molecule has 0 radical (unpaired) electrons. The van der Waals surface area contributed by atoms with E-state index >= 15 is 0 Å². The molecule has 0 bridgehead atoms. The third-order valence-corrected chi connectivity index (χ3v) is 7.64. The fourth-order valence-electron chi connectivity index (χ4n) is 3.97. The molecule has 0 aliphatic carbocycles. The van der Waals surface area contributed by atoms with Crippen LogP contribution in [0.15, 0.2) is 47.4 Å². The van der Waals surface area contributed by atoms with Crippen LogP contribution in [0.3, 0.4) is 0 Å². The molecule has 1 fully saturated rings. The van der Waals surface area contributed by atoms with Gasteiger partial charge in [0, 0.05) is 31.6 Å². The highest BCUT2D eigenvalue weighted by atomic mass is 32.2. The van der Waals surface area contributed by atoms with Gasteiger partial charge in [-0.15, -0.1) is 0 Å². The zero-order valence-electron chi connectivity index (χ0n) is 18.3. The van der Waals surface area contributed by atoms with Crippen molar-refractivity contribution in [1.82, 2.24) is 9.29 Å². The summed E-state index contributed by atoms with van der Waals surface area (Å²) < 4.78 is 38.6. The summed E-state index contributed by atoms with van der Waals surface area (Å²) in [6.45, 7) is 5.91. The van der Waals surface area contributed by atoms with Crippen LogP contribution in [-0.2, 0) is 10.0 Å². The molecule has 1 aromatic heterocycles. The Bertz CT molecular complexity index is 1200. The van der Waals surface area contributed by atoms with Crippen molar-refractivity contribution in [2.75, 3.05) is 45.3 Å². The zero-order chi connectivity index (χ0) is 22.2. The largest absolute Gasteiger partial charge is 0.496 e. The van der Waals surface area contributed by atoms with Gasteiger partial charge in [0.25, 0.3) is 0 Å². The van der Waals surface area contributed by atoms with Crippen molar-refractivity contribution < 1.29 is 17.9 Å². The second-order valence-electron chi connectivity index (χ2n) is 7.70. The number of pyridine rings is 1. The standard InChI is InChI=1S/C23H27N3O4S/c1-16-5-7-18(8-6-16)31(27,28)26-13-11-25(12-14-26)21-15-17(2)22-19(29-3)9-10-20(30-4)23(22)24-21/h5-10,15H,11-14H2,1-4H3. The third-order valence-electron chi connectivity index (χ3n) is 5.73. The predicted octanol–water partition coefficient (Wildman–Crippen LogP) is 3.38. The molecule has 2 aromatic carbocycles. The Hall–Kier alpha value is -2.84. The first-order valence-electron chi connectivity index (χ1n) is 10.2. The molecule has 1 saturated heterocycles. The normalized spacial score (nSPS) is 15.3. The molecular weight excluding hydrogens is 414 g/mol. The van der Waals surface area contributed by atoms with E-state index in [1.165, 1.54) is 0 Å². The van der Waals surface area contributed by atoms with Gasteiger partial charge in [-0.25, -0.2) is 13.4 Å². The highest BCUT2D eigenvalue weighted by molar-refractivity contribution is 7.89. The Labute approximate surface area is 183 Å². The van der Waals surface area contributed by atoms with Crippen LogP contribution >= 0.6 is 0 Å². The fourth-order valence-corrected chi connectivity index (χ4v) is 5.39. The number of anilines is 1. The Morgan fingerprint density at radius 1 is 0.871 bits per heavy atom. The maximum atomic E-state index is 13.0. The Morgan fingerprint density at radius 2 is 1.48 bits per heavy atom. The van der Waals surface area contributed by atoms with Gasteiger partial charge in [0.15, 0.2) is 0 Å². The van der Waals surface area contributed by atoms with E-state index in [1.54, 1.807) is 30.7 Å². The summed E-state index contributed by atoms with van der Waals surface area (Å²) in [5.41, 5.74) is 2.81. The smallest absolute Gasteiger partial charge is 0.243 e. The summed E-state index contributed by atoms with van der Waals surface area (Å²) in [6.07, 6.45) is 0. The van der Waals surface area contributed by atoms with Gasteiger partial charge in [-0.2, -0.15) is 4.31 Å². The van der Waals surface area contributed by atoms with Crippen LogP contribution in [0.2, 0.25) is 0 Å². The maximum absolute atomic E-state index is 13.0. The van der Waals surface area contributed by atoms with E-state index in [0.29, 0.717) is 36.8 Å². The predicted molar refractivity (Wildman–Crippen MR) is 122 cm³/mol. The van der Waals surface area contributed by atoms with Gasteiger partial charge in [-0.1, -0.05) is 17.7 Å². The van der Waals surface area contributed by atoms with Crippen LogP contribution in [0, 0.1) is 13.8 Å². The van der Waals surface area contributed by atoms with Gasteiger partial charge in [0.05, 0.1) is 19.1 Å². The van der Waals surface area contributed by atoms with E-state index in [9.17, 15) is 8.42 Å². The Morgan fingerprint density at radius 3 is 2.10 bits per heavy atom. The number of ether oxygens (including phenoxy) is 2.